The van der Waals surface area contributed by atoms with Crippen molar-refractivity contribution in [3.05, 3.63) is 0 Å². The number of nitrogens with zero attached hydrogens (tertiary/aromatic N) is 1. The second-order valence-corrected chi connectivity index (χ2v) is 22.3. The monoisotopic (exact) mass is 774 g/mol. The molecule has 0 bridgehead atoms. The van der Waals surface area contributed by atoms with Crippen molar-refractivity contribution in [2.75, 3.05) is 6.54 Å². The van der Waals surface area contributed by atoms with Gasteiger partial charge in [-0.05, 0) is 100 Å². The quantitative estimate of drug-likeness (QED) is 0.208. The van der Waals surface area contributed by atoms with Gasteiger partial charge in [0.1, 0.15) is 23.7 Å². The molecule has 304 valence electrons. The summed E-state index contributed by atoms with van der Waals surface area (Å²) >= 11 is 0. The van der Waals surface area contributed by atoms with Crippen LogP contribution in [0.3, 0.4) is 0 Å². The van der Waals surface area contributed by atoms with E-state index in [2.05, 4.69) is 39.8 Å². The van der Waals surface area contributed by atoms with Gasteiger partial charge in [-0.1, -0.05) is 73.6 Å². The Balaban J connectivity index is 1.28. The number of rotatable bonds is 11. The summed E-state index contributed by atoms with van der Waals surface area (Å²) in [6.07, 6.45) is 10.00. The molecule has 0 aromatic rings. The molecule has 0 aromatic heterocycles. The standard InChI is InChI=1S/C40H66N6O7S/c1-10-25-21-40(25,33(50)45-54(52,53)26-17-18-26)43-30(47)27-22-39(37(8,9)38(39)19-14-20-38)23-46(27)32(49)29(35(2,3)4)42-31(48)28(24-15-12-11-13-16-24)41-34(51)44-36(5,6)7/h24-29H,10-23H2,1-9H3,(H,42,48)(H,43,47)(H,45,50)(H2,41,44,51)/t25-,27+,28+,29-,39-,40-/m1/s1. The maximum absolute atomic E-state index is 15.1. The van der Waals surface area contributed by atoms with Crippen LogP contribution in [-0.2, 0) is 29.2 Å². The van der Waals surface area contributed by atoms with Crippen molar-refractivity contribution in [3.63, 3.8) is 0 Å². The molecule has 54 heavy (non-hydrogen) atoms. The molecule has 0 radical (unpaired) electrons. The number of amides is 6. The number of fused-ring (bicyclic) bond motifs is 1. The van der Waals surface area contributed by atoms with Crippen molar-refractivity contribution in [2.45, 2.75) is 180 Å². The SMILES string of the molecule is CC[C@@H]1C[C@]1(NC(=O)[C@@H]1C[C@@]2(CN1C(=O)[C@@H](NC(=O)[C@@H](NC(=O)NC(C)(C)C)C1CCCCC1)C(C)(C)C)C(C)(C)C21CCC1)C(=O)NS(=O)(=O)C1CC1. The van der Waals surface area contributed by atoms with Crippen molar-refractivity contribution in [1.29, 1.82) is 0 Å². The van der Waals surface area contributed by atoms with E-state index in [1.807, 2.05) is 48.5 Å². The summed E-state index contributed by atoms with van der Waals surface area (Å²) in [5, 5.41) is 11.3. The molecular formula is C40H66N6O7S. The first-order valence-electron chi connectivity index (χ1n) is 20.5. The predicted octanol–water partition coefficient (Wildman–Crippen LogP) is 4.25. The highest BCUT2D eigenvalue weighted by molar-refractivity contribution is 7.91. The number of urea groups is 1. The number of hydrogen-bond acceptors (Lipinski definition) is 7. The van der Waals surface area contributed by atoms with Gasteiger partial charge in [0, 0.05) is 17.5 Å². The first-order valence-corrected chi connectivity index (χ1v) is 22.1. The molecule has 6 amide bonds. The van der Waals surface area contributed by atoms with Crippen LogP contribution in [0.15, 0.2) is 0 Å². The normalized spacial score (nSPS) is 31.2. The van der Waals surface area contributed by atoms with Crippen LogP contribution in [-0.4, -0.2) is 84.0 Å². The van der Waals surface area contributed by atoms with Gasteiger partial charge in [-0.3, -0.25) is 23.9 Å². The summed E-state index contributed by atoms with van der Waals surface area (Å²) in [6, 6.07) is -3.22. The highest BCUT2D eigenvalue weighted by Gasteiger charge is 2.85. The third-order valence-electron chi connectivity index (χ3n) is 14.5. The molecule has 2 spiro atoms. The van der Waals surface area contributed by atoms with E-state index in [0.29, 0.717) is 38.6 Å². The van der Waals surface area contributed by atoms with Gasteiger partial charge >= 0.3 is 6.03 Å². The minimum atomic E-state index is -3.83. The summed E-state index contributed by atoms with van der Waals surface area (Å²) in [7, 11) is -3.83. The minimum Gasteiger partial charge on any atom is -0.342 e. The highest BCUT2D eigenvalue weighted by atomic mass is 32.2. The van der Waals surface area contributed by atoms with Gasteiger partial charge in [0.05, 0.1) is 5.25 Å². The maximum Gasteiger partial charge on any atom is 0.315 e. The second kappa shape index (κ2) is 13.6. The Morgan fingerprint density at radius 3 is 1.94 bits per heavy atom. The van der Waals surface area contributed by atoms with Crippen LogP contribution in [0, 0.1) is 33.5 Å². The van der Waals surface area contributed by atoms with Gasteiger partial charge in [-0.25, -0.2) is 13.2 Å². The van der Waals surface area contributed by atoms with E-state index in [9.17, 15) is 27.6 Å². The van der Waals surface area contributed by atoms with Crippen LogP contribution < -0.4 is 26.0 Å². The lowest BCUT2D eigenvalue weighted by Crippen LogP contribution is -2.63. The molecule has 6 atom stereocenters. The van der Waals surface area contributed by atoms with Gasteiger partial charge in [0.25, 0.3) is 5.91 Å². The second-order valence-electron chi connectivity index (χ2n) is 20.3. The Labute approximate surface area is 322 Å². The average Bonchev–Trinajstić information content (AvgIpc) is 3.99. The van der Waals surface area contributed by atoms with Gasteiger partial charge in [0.2, 0.25) is 27.7 Å². The number of likely N-dealkylation sites (tertiary alicyclic amines) is 1. The molecule has 5 N–H and O–H groups in total. The molecular weight excluding hydrogens is 709 g/mol. The Bertz CT molecular complexity index is 1650. The van der Waals surface area contributed by atoms with Gasteiger partial charge in [-0.15, -0.1) is 0 Å². The van der Waals surface area contributed by atoms with Crippen LogP contribution in [0.25, 0.3) is 0 Å². The van der Waals surface area contributed by atoms with E-state index < -0.39 is 73.6 Å². The van der Waals surface area contributed by atoms with E-state index in [4.69, 9.17) is 0 Å². The minimum absolute atomic E-state index is 0.00336. The number of hydrogen-bond donors (Lipinski definition) is 5. The van der Waals surface area contributed by atoms with Crippen LogP contribution in [0.2, 0.25) is 0 Å². The van der Waals surface area contributed by atoms with Crippen molar-refractivity contribution in [1.82, 2.24) is 30.9 Å². The molecule has 6 rings (SSSR count). The molecule has 1 aliphatic heterocycles. The smallest absolute Gasteiger partial charge is 0.315 e. The molecule has 13 nitrogen and oxygen atoms in total. The van der Waals surface area contributed by atoms with Crippen LogP contribution in [0.4, 0.5) is 4.79 Å². The fourth-order valence-electron chi connectivity index (χ4n) is 10.8. The van der Waals surface area contributed by atoms with E-state index >= 15 is 4.79 Å². The van der Waals surface area contributed by atoms with Crippen molar-refractivity contribution >= 4 is 39.7 Å². The zero-order valence-corrected chi connectivity index (χ0v) is 34.9. The lowest BCUT2D eigenvalue weighted by Gasteiger charge is -2.38. The molecule has 0 unspecified atom stereocenters. The molecule has 0 aromatic carbocycles. The van der Waals surface area contributed by atoms with E-state index in [1.54, 1.807) is 4.90 Å². The molecule has 6 aliphatic rings. The van der Waals surface area contributed by atoms with Gasteiger partial charge in [-0.2, -0.15) is 0 Å². The fourth-order valence-corrected chi connectivity index (χ4v) is 12.2. The lowest BCUT2D eigenvalue weighted by molar-refractivity contribution is -0.145. The Morgan fingerprint density at radius 2 is 1.46 bits per heavy atom. The molecule has 6 fully saturated rings. The van der Waals surface area contributed by atoms with Crippen molar-refractivity contribution < 1.29 is 32.4 Å². The average molecular weight is 775 g/mol. The van der Waals surface area contributed by atoms with Crippen LogP contribution >= 0.6 is 0 Å². The molecule has 5 aliphatic carbocycles. The van der Waals surface area contributed by atoms with Crippen molar-refractivity contribution in [2.24, 2.45) is 33.5 Å². The highest BCUT2D eigenvalue weighted by Crippen LogP contribution is 2.88. The first-order chi connectivity index (χ1) is 25.0. The van der Waals surface area contributed by atoms with Gasteiger partial charge < -0.3 is 26.2 Å². The molecule has 1 saturated heterocycles. The van der Waals surface area contributed by atoms with Crippen LogP contribution in [0.1, 0.15) is 146 Å². The number of sulfonamides is 1. The maximum atomic E-state index is 15.1. The zero-order valence-electron chi connectivity index (χ0n) is 34.1. The Morgan fingerprint density at radius 1 is 0.833 bits per heavy atom. The third kappa shape index (κ3) is 7.03. The number of carbonyl (C=O) groups is 5. The molecule has 5 saturated carbocycles. The largest absolute Gasteiger partial charge is 0.342 e. The summed E-state index contributed by atoms with van der Waals surface area (Å²) in [4.78, 5) is 72.5. The van der Waals surface area contributed by atoms with E-state index in [0.717, 1.165) is 51.4 Å². The van der Waals surface area contributed by atoms with Crippen LogP contribution in [0.5, 0.6) is 0 Å². The summed E-state index contributed by atoms with van der Waals surface area (Å²) < 4.78 is 27.9. The Hall–Kier alpha value is -2.90. The Kier molecular flexibility index (Phi) is 10.3. The lowest BCUT2D eigenvalue weighted by atomic mass is 9.73. The summed E-state index contributed by atoms with van der Waals surface area (Å²) in [6.45, 7) is 18.0. The zero-order chi connectivity index (χ0) is 39.9. The first kappa shape index (κ1) is 40.8. The van der Waals surface area contributed by atoms with E-state index in [-0.39, 0.29) is 34.0 Å². The summed E-state index contributed by atoms with van der Waals surface area (Å²) in [5.41, 5.74) is -3.07. The predicted molar refractivity (Wildman–Crippen MR) is 205 cm³/mol. The van der Waals surface area contributed by atoms with Crippen molar-refractivity contribution in [3.8, 4) is 0 Å². The van der Waals surface area contributed by atoms with Gasteiger partial charge in [0.15, 0.2) is 0 Å². The number of carbonyl (C=O) groups excluding carboxylic acids is 5. The molecule has 14 heteroatoms. The molecule has 1 heterocycles. The summed E-state index contributed by atoms with van der Waals surface area (Å²) in [5.74, 6) is -2.29. The third-order valence-corrected chi connectivity index (χ3v) is 16.3. The fraction of sp³-hybridized carbons (Fsp3) is 0.875. The number of nitrogens with one attached hydrogen (secondary N) is 5. The van der Waals surface area contributed by atoms with E-state index in [1.165, 1.54) is 0 Å². The topological polar surface area (TPSA) is 183 Å².